The van der Waals surface area contributed by atoms with E-state index >= 15 is 0 Å². The van der Waals surface area contributed by atoms with E-state index in [1.54, 1.807) is 11.8 Å². The Hall–Kier alpha value is -0.260. The van der Waals surface area contributed by atoms with Crippen molar-refractivity contribution in [3.8, 4) is 0 Å². The molecule has 1 atom stereocenters. The third-order valence-electron chi connectivity index (χ3n) is 2.42. The third kappa shape index (κ3) is 2.04. The number of halogens is 1. The van der Waals surface area contributed by atoms with Crippen LogP contribution in [0.25, 0.3) is 0 Å². The molecule has 1 aliphatic heterocycles. The van der Waals surface area contributed by atoms with Crippen molar-refractivity contribution in [3.05, 3.63) is 5.82 Å². The second-order valence-corrected chi connectivity index (χ2v) is 4.03. The first kappa shape index (κ1) is 11.8. The summed E-state index contributed by atoms with van der Waals surface area (Å²) in [5.41, 5.74) is 0. The van der Waals surface area contributed by atoms with Crippen molar-refractivity contribution < 1.29 is 12.4 Å². The van der Waals surface area contributed by atoms with Crippen LogP contribution < -0.4 is 17.7 Å². The van der Waals surface area contributed by atoms with E-state index in [4.69, 9.17) is 0 Å². The van der Waals surface area contributed by atoms with Gasteiger partial charge in [0.25, 0.3) is 0 Å². The molecule has 2 rings (SSSR count). The Bertz CT molecular complexity index is 296. The minimum Gasteiger partial charge on any atom is -1.00 e. The number of hydrogen-bond acceptors (Lipinski definition) is 4. The van der Waals surface area contributed by atoms with E-state index in [9.17, 15) is 0 Å². The van der Waals surface area contributed by atoms with Gasteiger partial charge in [-0.25, -0.2) is 0 Å². The van der Waals surface area contributed by atoms with Crippen LogP contribution in [0.2, 0.25) is 0 Å². The Labute approximate surface area is 94.3 Å². The first-order valence-corrected chi connectivity index (χ1v) is 5.72. The fraction of sp³-hybridized carbons (Fsp3) is 0.750. The smallest absolute Gasteiger partial charge is 0.190 e. The van der Waals surface area contributed by atoms with Gasteiger partial charge in [0.1, 0.15) is 0 Å². The molecule has 1 fully saturated rings. The monoisotopic (exact) mass is 233 g/mol. The molecule has 14 heavy (non-hydrogen) atoms. The summed E-state index contributed by atoms with van der Waals surface area (Å²) >= 11 is 1.64. The second-order valence-electron chi connectivity index (χ2n) is 3.25. The van der Waals surface area contributed by atoms with Gasteiger partial charge in [-0.15, -0.1) is 10.2 Å². The topological polar surface area (TPSA) is 42.7 Å². The highest BCUT2D eigenvalue weighted by atomic mass is 35.5. The lowest BCUT2D eigenvalue weighted by atomic mass is 10.2. The average Bonchev–Trinajstić information content (AvgIpc) is 2.72. The van der Waals surface area contributed by atoms with E-state index in [0.717, 1.165) is 17.5 Å². The van der Waals surface area contributed by atoms with Gasteiger partial charge in [-0.2, -0.15) is 0 Å². The molecule has 0 aliphatic carbocycles. The Balaban J connectivity index is 0.000000980. The summed E-state index contributed by atoms with van der Waals surface area (Å²) in [6, 6.07) is 0.415. The SMILES string of the molecule is CSc1nnc(C2CCCN2)n1C.[Cl-]. The Morgan fingerprint density at radius 3 is 2.79 bits per heavy atom. The van der Waals surface area contributed by atoms with Crippen LogP contribution in [0.5, 0.6) is 0 Å². The van der Waals surface area contributed by atoms with E-state index < -0.39 is 0 Å². The summed E-state index contributed by atoms with van der Waals surface area (Å²) in [7, 11) is 2.03. The summed E-state index contributed by atoms with van der Waals surface area (Å²) in [5.74, 6) is 1.07. The molecule has 0 amide bonds. The summed E-state index contributed by atoms with van der Waals surface area (Å²) < 4.78 is 2.08. The van der Waals surface area contributed by atoms with Gasteiger partial charge in [0.15, 0.2) is 11.0 Å². The van der Waals surface area contributed by atoms with Crippen LogP contribution in [-0.4, -0.2) is 27.6 Å². The van der Waals surface area contributed by atoms with Crippen molar-refractivity contribution in [1.29, 1.82) is 0 Å². The number of nitrogens with zero attached hydrogens (tertiary/aromatic N) is 3. The van der Waals surface area contributed by atoms with Gasteiger partial charge in [0, 0.05) is 7.05 Å². The summed E-state index contributed by atoms with van der Waals surface area (Å²) in [6.07, 6.45) is 4.45. The number of rotatable bonds is 2. The van der Waals surface area contributed by atoms with Crippen LogP contribution in [0.1, 0.15) is 24.7 Å². The van der Waals surface area contributed by atoms with E-state index in [2.05, 4.69) is 20.1 Å². The molecule has 1 N–H and O–H groups in total. The Kier molecular flexibility index (Phi) is 4.22. The maximum atomic E-state index is 4.20. The van der Waals surface area contributed by atoms with Crippen molar-refractivity contribution in [1.82, 2.24) is 20.1 Å². The van der Waals surface area contributed by atoms with Gasteiger partial charge in [0.2, 0.25) is 0 Å². The lowest BCUT2D eigenvalue weighted by molar-refractivity contribution is -0.00000293. The highest BCUT2D eigenvalue weighted by Crippen LogP contribution is 2.23. The van der Waals surface area contributed by atoms with Gasteiger partial charge in [-0.05, 0) is 25.6 Å². The quantitative estimate of drug-likeness (QED) is 0.599. The first-order valence-electron chi connectivity index (χ1n) is 4.49. The molecule has 1 aliphatic rings. The summed E-state index contributed by atoms with van der Waals surface area (Å²) in [4.78, 5) is 0. The molecule has 1 unspecified atom stereocenters. The first-order chi connectivity index (χ1) is 6.33. The van der Waals surface area contributed by atoms with E-state index in [-0.39, 0.29) is 12.4 Å². The predicted octanol–water partition coefficient (Wildman–Crippen LogP) is -2.03. The number of aromatic nitrogens is 3. The van der Waals surface area contributed by atoms with Crippen LogP contribution in [0.4, 0.5) is 0 Å². The van der Waals surface area contributed by atoms with Gasteiger partial charge < -0.3 is 22.3 Å². The lowest BCUT2D eigenvalue weighted by Crippen LogP contribution is -3.00. The zero-order valence-electron chi connectivity index (χ0n) is 8.33. The van der Waals surface area contributed by atoms with Crippen LogP contribution >= 0.6 is 11.8 Å². The van der Waals surface area contributed by atoms with Crippen LogP contribution in [-0.2, 0) is 7.05 Å². The molecule has 80 valence electrons. The van der Waals surface area contributed by atoms with E-state index in [1.165, 1.54) is 12.8 Å². The standard InChI is InChI=1S/C8H14N4S.ClH/c1-12-7(6-4-3-5-9-6)10-11-8(12)13-2;/h6,9H,3-5H2,1-2H3;1H/p-1. The molecule has 1 saturated heterocycles. The van der Waals surface area contributed by atoms with Crippen LogP contribution in [0.15, 0.2) is 5.16 Å². The molecule has 2 heterocycles. The molecule has 0 radical (unpaired) electrons. The molecule has 0 aromatic carbocycles. The highest BCUT2D eigenvalue weighted by Gasteiger charge is 2.21. The number of hydrogen-bond donors (Lipinski definition) is 1. The lowest BCUT2D eigenvalue weighted by Gasteiger charge is -2.08. The Morgan fingerprint density at radius 1 is 1.50 bits per heavy atom. The van der Waals surface area contributed by atoms with Crippen molar-refractivity contribution in [3.63, 3.8) is 0 Å². The van der Waals surface area contributed by atoms with Crippen molar-refractivity contribution in [2.45, 2.75) is 24.0 Å². The maximum absolute atomic E-state index is 4.20. The van der Waals surface area contributed by atoms with Gasteiger partial charge in [0.05, 0.1) is 6.04 Å². The van der Waals surface area contributed by atoms with Crippen LogP contribution in [0, 0.1) is 0 Å². The molecule has 0 spiro atoms. The van der Waals surface area contributed by atoms with Crippen molar-refractivity contribution in [2.24, 2.45) is 7.05 Å². The molecule has 0 saturated carbocycles. The average molecular weight is 234 g/mol. The zero-order chi connectivity index (χ0) is 9.26. The third-order valence-corrected chi connectivity index (χ3v) is 3.14. The molecular formula is C8H14ClN4S-. The van der Waals surface area contributed by atoms with Crippen molar-refractivity contribution in [2.75, 3.05) is 12.8 Å². The van der Waals surface area contributed by atoms with E-state index in [1.807, 2.05) is 13.3 Å². The molecule has 0 bridgehead atoms. The fourth-order valence-electron chi connectivity index (χ4n) is 1.71. The minimum atomic E-state index is 0. The van der Waals surface area contributed by atoms with Crippen LogP contribution in [0.3, 0.4) is 0 Å². The largest absolute Gasteiger partial charge is 1.00 e. The summed E-state index contributed by atoms with van der Waals surface area (Å²) in [5, 5.41) is 12.7. The molecular weight excluding hydrogens is 220 g/mol. The molecule has 1 aromatic heterocycles. The Morgan fingerprint density at radius 2 is 2.29 bits per heavy atom. The number of thioether (sulfide) groups is 1. The highest BCUT2D eigenvalue weighted by molar-refractivity contribution is 7.98. The molecule has 6 heteroatoms. The molecule has 4 nitrogen and oxygen atoms in total. The van der Waals surface area contributed by atoms with Gasteiger partial charge in [-0.1, -0.05) is 11.8 Å². The van der Waals surface area contributed by atoms with Gasteiger partial charge >= 0.3 is 0 Å². The number of nitrogens with one attached hydrogen (secondary N) is 1. The minimum absolute atomic E-state index is 0. The predicted molar refractivity (Wildman–Crippen MR) is 52.8 cm³/mol. The second kappa shape index (κ2) is 5.00. The van der Waals surface area contributed by atoms with Crippen molar-refractivity contribution >= 4 is 11.8 Å². The summed E-state index contributed by atoms with van der Waals surface area (Å²) in [6.45, 7) is 1.10. The fourth-order valence-corrected chi connectivity index (χ4v) is 2.20. The van der Waals surface area contributed by atoms with Gasteiger partial charge in [-0.3, -0.25) is 0 Å². The van der Waals surface area contributed by atoms with E-state index in [0.29, 0.717) is 6.04 Å². The maximum Gasteiger partial charge on any atom is 0.190 e. The normalized spacial score (nSPS) is 20.9. The zero-order valence-corrected chi connectivity index (χ0v) is 9.90. The molecule has 1 aromatic rings.